The largest absolute Gasteiger partial charge is 0.596 e. The summed E-state index contributed by atoms with van der Waals surface area (Å²) in [6.45, 7) is 1.61. The summed E-state index contributed by atoms with van der Waals surface area (Å²) in [5, 5.41) is 12.5. The molecule has 0 aliphatic carbocycles. The second kappa shape index (κ2) is 1.89. The van der Waals surface area contributed by atoms with Gasteiger partial charge in [-0.1, -0.05) is 4.85 Å². The highest BCUT2D eigenvalue weighted by atomic mass is 16.5. The molecule has 0 spiro atoms. The average Bonchev–Trinajstić information content (AvgIpc) is 1.80. The van der Waals surface area contributed by atoms with Crippen LogP contribution in [-0.4, -0.2) is 5.10 Å². The molecule has 1 aromatic rings. The number of hydrogen-bond donors (Lipinski definition) is 1. The third-order valence-corrected chi connectivity index (χ3v) is 1.01. The quantitative estimate of drug-likeness (QED) is 0.369. The van der Waals surface area contributed by atoms with Crippen LogP contribution in [0.4, 0.5) is 0 Å². The van der Waals surface area contributed by atoms with Crippen LogP contribution in [0.1, 0.15) is 5.69 Å². The summed E-state index contributed by atoms with van der Waals surface area (Å²) in [6.07, 6.45) is 0. The van der Waals surface area contributed by atoms with Gasteiger partial charge in [-0.3, -0.25) is 4.79 Å². The first-order valence-electron chi connectivity index (χ1n) is 2.49. The smallest absolute Gasteiger partial charge is 0.299 e. The molecule has 0 atom stereocenters. The van der Waals surface area contributed by atoms with Gasteiger partial charge in [0.05, 0.1) is 0 Å². The van der Waals surface area contributed by atoms with E-state index in [4.69, 9.17) is 0 Å². The van der Waals surface area contributed by atoms with Crippen molar-refractivity contribution in [3.8, 4) is 0 Å². The summed E-state index contributed by atoms with van der Waals surface area (Å²) in [7, 11) is 0. The highest BCUT2D eigenvalue weighted by molar-refractivity contribution is 4.90. The van der Waals surface area contributed by atoms with E-state index in [9.17, 15) is 10.0 Å². The summed E-state index contributed by atoms with van der Waals surface area (Å²) in [5.41, 5.74) is 0.102. The molecule has 1 heterocycles. The molecule has 1 rings (SSSR count). The predicted octanol–water partition coefficient (Wildman–Crippen LogP) is -0.683. The molecular formula is C5H6N2O2. The van der Waals surface area contributed by atoms with E-state index in [-0.39, 0.29) is 5.56 Å². The molecule has 0 aromatic carbocycles. The first-order valence-corrected chi connectivity index (χ1v) is 2.49. The maximum Gasteiger partial charge on any atom is 0.299 e. The fourth-order valence-electron chi connectivity index (χ4n) is 0.490. The van der Waals surface area contributed by atoms with Crippen LogP contribution in [0.25, 0.3) is 0 Å². The van der Waals surface area contributed by atoms with Gasteiger partial charge >= 0.3 is 0 Å². The van der Waals surface area contributed by atoms with E-state index in [0.717, 1.165) is 0 Å². The zero-order chi connectivity index (χ0) is 6.85. The molecule has 0 saturated carbocycles. The topological polar surface area (TPSA) is 59.8 Å². The second-order valence-corrected chi connectivity index (χ2v) is 1.75. The maximum atomic E-state index is 10.5. The molecule has 48 valence electrons. The Morgan fingerprint density at radius 3 is 2.78 bits per heavy atom. The Bertz CT molecular complexity index is 266. The first-order chi connectivity index (χ1) is 4.20. The zero-order valence-electron chi connectivity index (χ0n) is 4.92. The number of H-pyrrole nitrogens is 1. The number of aromatic amines is 1. The van der Waals surface area contributed by atoms with E-state index in [1.54, 1.807) is 6.92 Å². The van der Waals surface area contributed by atoms with Crippen LogP contribution in [0.3, 0.4) is 0 Å². The van der Waals surface area contributed by atoms with Gasteiger partial charge in [-0.25, -0.2) is 0 Å². The summed E-state index contributed by atoms with van der Waals surface area (Å²) in [4.78, 5) is 10.8. The number of nitrogens with one attached hydrogen (secondary N) is 1. The first kappa shape index (κ1) is 5.81. The molecule has 4 heteroatoms. The monoisotopic (exact) mass is 126 g/mol. The van der Waals surface area contributed by atoms with Crippen molar-refractivity contribution >= 4 is 0 Å². The lowest BCUT2D eigenvalue weighted by Crippen LogP contribution is -2.39. The Kier molecular flexibility index (Phi) is 1.22. The fraction of sp³-hybridized carbons (Fsp3) is 0.200. The number of nitrogens with zero attached hydrogens (tertiary/aromatic N) is 1. The maximum absolute atomic E-state index is 10.5. The minimum atomic E-state index is -0.379. The summed E-state index contributed by atoms with van der Waals surface area (Å²) in [5.74, 6) is 0. The molecule has 0 saturated heterocycles. The van der Waals surface area contributed by atoms with E-state index < -0.39 is 0 Å². The van der Waals surface area contributed by atoms with Crippen LogP contribution < -0.4 is 10.4 Å². The molecule has 0 bridgehead atoms. The summed E-state index contributed by atoms with van der Waals surface area (Å²) < 4.78 is 0. The summed E-state index contributed by atoms with van der Waals surface area (Å²) in [6, 6.07) is 2.77. The number of aryl methyl sites for hydroxylation is 1. The van der Waals surface area contributed by atoms with Crippen LogP contribution >= 0.6 is 0 Å². The van der Waals surface area contributed by atoms with Crippen molar-refractivity contribution in [2.75, 3.05) is 0 Å². The minimum Gasteiger partial charge on any atom is -0.596 e. The Morgan fingerprint density at radius 2 is 2.33 bits per heavy atom. The van der Waals surface area contributed by atoms with Crippen LogP contribution in [0.5, 0.6) is 0 Å². The van der Waals surface area contributed by atoms with Crippen LogP contribution in [0.2, 0.25) is 0 Å². The average molecular weight is 126 g/mol. The normalized spacial score (nSPS) is 9.44. The standard InChI is InChI=1S/C5H6N2O2/c1-4-2-3-5(8)6-7(4)9/h2-3H,1H3,(H,6,8). The molecular weight excluding hydrogens is 120 g/mol. The number of aromatic nitrogens is 2. The lowest BCUT2D eigenvalue weighted by molar-refractivity contribution is -0.676. The van der Waals surface area contributed by atoms with Gasteiger partial charge in [-0.15, -0.1) is 5.10 Å². The Balaban J connectivity index is 3.34. The number of hydrogen-bond acceptors (Lipinski definition) is 2. The van der Waals surface area contributed by atoms with Crippen molar-refractivity contribution in [2.45, 2.75) is 6.92 Å². The molecule has 9 heavy (non-hydrogen) atoms. The van der Waals surface area contributed by atoms with Crippen molar-refractivity contribution < 1.29 is 4.85 Å². The SMILES string of the molecule is Cc1ccc(=O)[nH][n+]1[O-]. The number of rotatable bonds is 0. The Hall–Kier alpha value is -1.32. The third kappa shape index (κ3) is 1.07. The molecule has 0 unspecified atom stereocenters. The summed E-state index contributed by atoms with van der Waals surface area (Å²) >= 11 is 0. The van der Waals surface area contributed by atoms with Gasteiger partial charge in [0.25, 0.3) is 5.56 Å². The van der Waals surface area contributed by atoms with Gasteiger partial charge in [0.15, 0.2) is 0 Å². The van der Waals surface area contributed by atoms with Crippen LogP contribution in [0.15, 0.2) is 16.9 Å². The van der Waals surface area contributed by atoms with Crippen molar-refractivity contribution in [3.05, 3.63) is 33.4 Å². The van der Waals surface area contributed by atoms with Crippen molar-refractivity contribution in [2.24, 2.45) is 0 Å². The van der Waals surface area contributed by atoms with E-state index >= 15 is 0 Å². The predicted molar refractivity (Wildman–Crippen MR) is 30.8 cm³/mol. The lowest BCUT2D eigenvalue weighted by atomic mass is 10.4. The Morgan fingerprint density at radius 1 is 1.67 bits per heavy atom. The van der Waals surface area contributed by atoms with Gasteiger partial charge in [-0.2, -0.15) is 0 Å². The highest BCUT2D eigenvalue weighted by Crippen LogP contribution is 1.77. The molecule has 0 fully saturated rings. The highest BCUT2D eigenvalue weighted by Gasteiger charge is 1.94. The van der Waals surface area contributed by atoms with Gasteiger partial charge in [-0.05, 0) is 0 Å². The van der Waals surface area contributed by atoms with E-state index in [2.05, 4.69) is 0 Å². The van der Waals surface area contributed by atoms with Crippen molar-refractivity contribution in [1.82, 2.24) is 5.10 Å². The van der Waals surface area contributed by atoms with Crippen molar-refractivity contribution in [3.63, 3.8) is 0 Å². The van der Waals surface area contributed by atoms with Crippen LogP contribution in [-0.2, 0) is 0 Å². The molecule has 4 nitrogen and oxygen atoms in total. The van der Waals surface area contributed by atoms with Crippen molar-refractivity contribution in [1.29, 1.82) is 0 Å². The van der Waals surface area contributed by atoms with Gasteiger partial charge in [0, 0.05) is 19.1 Å². The minimum absolute atomic E-state index is 0.379. The molecule has 0 amide bonds. The molecule has 0 aliphatic heterocycles. The van der Waals surface area contributed by atoms with E-state index in [1.807, 2.05) is 5.10 Å². The van der Waals surface area contributed by atoms with E-state index in [1.165, 1.54) is 12.1 Å². The van der Waals surface area contributed by atoms with Gasteiger partial charge in [0.2, 0.25) is 5.69 Å². The molecule has 0 radical (unpaired) electrons. The van der Waals surface area contributed by atoms with E-state index in [0.29, 0.717) is 10.5 Å². The van der Waals surface area contributed by atoms with Crippen LogP contribution in [0, 0.1) is 12.1 Å². The molecule has 0 aliphatic rings. The molecule has 1 N–H and O–H groups in total. The lowest BCUT2D eigenvalue weighted by Gasteiger charge is -1.94. The Labute approximate surface area is 51.3 Å². The second-order valence-electron chi connectivity index (χ2n) is 1.75. The van der Waals surface area contributed by atoms with Gasteiger partial charge < -0.3 is 5.21 Å². The zero-order valence-corrected chi connectivity index (χ0v) is 4.92. The van der Waals surface area contributed by atoms with Gasteiger partial charge in [0.1, 0.15) is 0 Å². The fourth-order valence-corrected chi connectivity index (χ4v) is 0.490. The third-order valence-electron chi connectivity index (χ3n) is 1.01. The molecule has 1 aromatic heterocycles.